The Labute approximate surface area is 106 Å². The molecule has 1 fully saturated rings. The molecule has 0 spiro atoms. The first kappa shape index (κ1) is 12.6. The number of carbonyl (C=O) groups excluding carboxylic acids is 1. The smallest absolute Gasteiger partial charge is 0.335 e. The third kappa shape index (κ3) is 3.09. The fourth-order valence-corrected chi connectivity index (χ4v) is 2.34. The first-order valence-corrected chi connectivity index (χ1v) is 6.27. The van der Waals surface area contributed by atoms with Crippen LogP contribution < -0.4 is 5.32 Å². The van der Waals surface area contributed by atoms with Crippen LogP contribution in [-0.4, -0.2) is 17.0 Å². The number of benzene rings is 1. The molecule has 0 bridgehead atoms. The van der Waals surface area contributed by atoms with E-state index in [1.807, 2.05) is 6.07 Å². The third-order valence-corrected chi connectivity index (χ3v) is 3.37. The van der Waals surface area contributed by atoms with Gasteiger partial charge in [0, 0.05) is 12.5 Å². The van der Waals surface area contributed by atoms with Gasteiger partial charge in [0.05, 0.1) is 5.56 Å². The van der Waals surface area contributed by atoms with Crippen LogP contribution in [0, 0.1) is 5.92 Å². The minimum atomic E-state index is -0.945. The summed E-state index contributed by atoms with van der Waals surface area (Å²) in [5.41, 5.74) is 1.07. The molecule has 4 heteroatoms. The number of rotatable bonds is 4. The Kier molecular flexibility index (Phi) is 3.97. The topological polar surface area (TPSA) is 66.4 Å². The van der Waals surface area contributed by atoms with Gasteiger partial charge in [0.15, 0.2) is 0 Å². The van der Waals surface area contributed by atoms with Crippen molar-refractivity contribution in [1.82, 2.24) is 5.32 Å². The maximum Gasteiger partial charge on any atom is 0.335 e. The summed E-state index contributed by atoms with van der Waals surface area (Å²) in [4.78, 5) is 22.6. The molecule has 0 aliphatic heterocycles. The molecule has 0 atom stereocenters. The van der Waals surface area contributed by atoms with Gasteiger partial charge in [0.25, 0.3) is 0 Å². The molecule has 1 saturated carbocycles. The molecule has 2 rings (SSSR count). The highest BCUT2D eigenvalue weighted by Crippen LogP contribution is 2.24. The molecule has 0 unspecified atom stereocenters. The molecule has 0 heterocycles. The van der Waals surface area contributed by atoms with E-state index < -0.39 is 5.97 Å². The molecule has 2 N–H and O–H groups in total. The summed E-state index contributed by atoms with van der Waals surface area (Å²) in [6.45, 7) is 0.399. The standard InChI is InChI=1S/C14H17NO3/c16-13(11-5-1-2-6-11)15-9-10-4-3-7-12(8-10)14(17)18/h3-4,7-8,11H,1-2,5-6,9H2,(H,15,16)(H,17,18). The van der Waals surface area contributed by atoms with Crippen LogP contribution >= 0.6 is 0 Å². The zero-order valence-electron chi connectivity index (χ0n) is 10.2. The number of hydrogen-bond acceptors (Lipinski definition) is 2. The minimum Gasteiger partial charge on any atom is -0.478 e. The van der Waals surface area contributed by atoms with E-state index in [4.69, 9.17) is 5.11 Å². The fourth-order valence-electron chi connectivity index (χ4n) is 2.34. The lowest BCUT2D eigenvalue weighted by Crippen LogP contribution is -2.28. The Morgan fingerprint density at radius 1 is 1.28 bits per heavy atom. The predicted molar refractivity (Wildman–Crippen MR) is 67.2 cm³/mol. The minimum absolute atomic E-state index is 0.0910. The number of amides is 1. The highest BCUT2D eigenvalue weighted by molar-refractivity contribution is 5.87. The number of carbonyl (C=O) groups is 2. The monoisotopic (exact) mass is 247 g/mol. The van der Waals surface area contributed by atoms with E-state index in [-0.39, 0.29) is 17.4 Å². The summed E-state index contributed by atoms with van der Waals surface area (Å²) >= 11 is 0. The van der Waals surface area contributed by atoms with Gasteiger partial charge >= 0.3 is 5.97 Å². The molecule has 0 saturated heterocycles. The van der Waals surface area contributed by atoms with Crippen molar-refractivity contribution in [2.45, 2.75) is 32.2 Å². The number of carboxylic acids is 1. The first-order valence-electron chi connectivity index (χ1n) is 6.27. The van der Waals surface area contributed by atoms with Gasteiger partial charge in [-0.2, -0.15) is 0 Å². The van der Waals surface area contributed by atoms with Crippen molar-refractivity contribution in [2.24, 2.45) is 5.92 Å². The average Bonchev–Trinajstić information content (AvgIpc) is 2.90. The Morgan fingerprint density at radius 3 is 2.67 bits per heavy atom. The van der Waals surface area contributed by atoms with E-state index in [2.05, 4.69) is 5.32 Å². The predicted octanol–water partition coefficient (Wildman–Crippen LogP) is 2.19. The molecule has 4 nitrogen and oxygen atoms in total. The van der Waals surface area contributed by atoms with Gasteiger partial charge in [-0.15, -0.1) is 0 Å². The van der Waals surface area contributed by atoms with Crippen LogP contribution in [0.2, 0.25) is 0 Å². The molecule has 1 amide bonds. The maximum atomic E-state index is 11.8. The molecule has 1 aromatic rings. The summed E-state index contributed by atoms with van der Waals surface area (Å²) in [6.07, 6.45) is 4.21. The number of hydrogen-bond donors (Lipinski definition) is 2. The van der Waals surface area contributed by atoms with Crippen molar-refractivity contribution < 1.29 is 14.7 Å². The van der Waals surface area contributed by atoms with Crippen LogP contribution in [0.5, 0.6) is 0 Å². The zero-order chi connectivity index (χ0) is 13.0. The summed E-state index contributed by atoms with van der Waals surface area (Å²) in [7, 11) is 0. The molecule has 1 aromatic carbocycles. The van der Waals surface area contributed by atoms with Crippen LogP contribution in [0.25, 0.3) is 0 Å². The highest BCUT2D eigenvalue weighted by Gasteiger charge is 2.22. The average molecular weight is 247 g/mol. The lowest BCUT2D eigenvalue weighted by molar-refractivity contribution is -0.124. The Hall–Kier alpha value is -1.84. The molecule has 1 aliphatic carbocycles. The van der Waals surface area contributed by atoms with Gasteiger partial charge in [0.1, 0.15) is 0 Å². The van der Waals surface area contributed by atoms with Gasteiger partial charge in [-0.1, -0.05) is 25.0 Å². The molecule has 0 aromatic heterocycles. The van der Waals surface area contributed by atoms with Crippen molar-refractivity contribution in [1.29, 1.82) is 0 Å². The maximum absolute atomic E-state index is 11.8. The Balaban J connectivity index is 1.91. The van der Waals surface area contributed by atoms with Crippen molar-refractivity contribution in [3.63, 3.8) is 0 Å². The summed E-state index contributed by atoms with van der Waals surface area (Å²) in [5.74, 6) is -0.708. The van der Waals surface area contributed by atoms with Crippen LogP contribution in [0.1, 0.15) is 41.6 Å². The molecular weight excluding hydrogens is 230 g/mol. The van der Waals surface area contributed by atoms with E-state index in [9.17, 15) is 9.59 Å². The molecule has 96 valence electrons. The number of carboxylic acid groups (broad SMARTS) is 1. The SMILES string of the molecule is O=C(O)c1cccc(CNC(=O)C2CCCC2)c1. The van der Waals surface area contributed by atoms with Crippen LogP contribution in [-0.2, 0) is 11.3 Å². The quantitative estimate of drug-likeness (QED) is 0.857. The normalized spacial score (nSPS) is 15.6. The van der Waals surface area contributed by atoms with Crippen molar-refractivity contribution in [2.75, 3.05) is 0 Å². The number of nitrogens with one attached hydrogen (secondary N) is 1. The van der Waals surface area contributed by atoms with E-state index >= 15 is 0 Å². The van der Waals surface area contributed by atoms with E-state index in [0.29, 0.717) is 6.54 Å². The number of aromatic carboxylic acids is 1. The van der Waals surface area contributed by atoms with E-state index in [1.165, 1.54) is 0 Å². The second-order valence-corrected chi connectivity index (χ2v) is 4.70. The van der Waals surface area contributed by atoms with Gasteiger partial charge < -0.3 is 10.4 Å². The highest BCUT2D eigenvalue weighted by atomic mass is 16.4. The summed E-state index contributed by atoms with van der Waals surface area (Å²) in [6, 6.07) is 6.66. The molecule has 18 heavy (non-hydrogen) atoms. The molecule has 1 aliphatic rings. The van der Waals surface area contributed by atoms with Crippen molar-refractivity contribution >= 4 is 11.9 Å². The second kappa shape index (κ2) is 5.67. The van der Waals surface area contributed by atoms with Gasteiger partial charge in [-0.3, -0.25) is 4.79 Å². The van der Waals surface area contributed by atoms with Crippen LogP contribution in [0.3, 0.4) is 0 Å². The Bertz CT molecular complexity index is 450. The van der Waals surface area contributed by atoms with Crippen LogP contribution in [0.15, 0.2) is 24.3 Å². The lowest BCUT2D eigenvalue weighted by Gasteiger charge is -2.10. The van der Waals surface area contributed by atoms with Gasteiger partial charge in [-0.05, 0) is 30.5 Å². The largest absolute Gasteiger partial charge is 0.478 e. The zero-order valence-corrected chi connectivity index (χ0v) is 10.2. The molecular formula is C14H17NO3. The first-order chi connectivity index (χ1) is 8.66. The third-order valence-electron chi connectivity index (χ3n) is 3.37. The second-order valence-electron chi connectivity index (χ2n) is 4.70. The Morgan fingerprint density at radius 2 is 2.00 bits per heavy atom. The fraction of sp³-hybridized carbons (Fsp3) is 0.429. The van der Waals surface area contributed by atoms with Crippen molar-refractivity contribution in [3.8, 4) is 0 Å². The molecule has 0 radical (unpaired) electrons. The summed E-state index contributed by atoms with van der Waals surface area (Å²) < 4.78 is 0. The summed E-state index contributed by atoms with van der Waals surface area (Å²) in [5, 5.41) is 11.7. The lowest BCUT2D eigenvalue weighted by atomic mass is 10.1. The van der Waals surface area contributed by atoms with Crippen molar-refractivity contribution in [3.05, 3.63) is 35.4 Å². The van der Waals surface area contributed by atoms with E-state index in [0.717, 1.165) is 31.2 Å². The van der Waals surface area contributed by atoms with Gasteiger partial charge in [-0.25, -0.2) is 4.79 Å². The van der Waals surface area contributed by atoms with Gasteiger partial charge in [0.2, 0.25) is 5.91 Å². The van der Waals surface area contributed by atoms with E-state index in [1.54, 1.807) is 18.2 Å². The van der Waals surface area contributed by atoms with Crippen LogP contribution in [0.4, 0.5) is 0 Å².